The van der Waals surface area contributed by atoms with E-state index in [0.29, 0.717) is 0 Å². The number of rotatable bonds is 2. The molecule has 14 heavy (non-hydrogen) atoms. The van der Waals surface area contributed by atoms with Crippen molar-refractivity contribution in [3.63, 3.8) is 0 Å². The van der Waals surface area contributed by atoms with Gasteiger partial charge in [0.05, 0.1) is 0 Å². The van der Waals surface area contributed by atoms with Gasteiger partial charge in [0.15, 0.2) is 0 Å². The van der Waals surface area contributed by atoms with Gasteiger partial charge in [0.1, 0.15) is 12.8 Å². The molecule has 1 aliphatic rings. The van der Waals surface area contributed by atoms with E-state index in [1.807, 2.05) is 12.8 Å². The second-order valence-electron chi connectivity index (χ2n) is 3.04. The zero-order chi connectivity index (χ0) is 10.8. The van der Waals surface area contributed by atoms with Gasteiger partial charge in [-0.2, -0.15) is 0 Å². The van der Waals surface area contributed by atoms with Crippen molar-refractivity contribution in [1.82, 2.24) is 10.2 Å². The molecule has 0 aromatic rings. The Balaban J connectivity index is 0.000000364. The molecule has 82 valence electrons. The molecule has 0 spiro atoms. The van der Waals surface area contributed by atoms with Crippen LogP contribution in [-0.4, -0.2) is 54.1 Å². The van der Waals surface area contributed by atoms with Crippen LogP contribution in [0.4, 0.5) is 0 Å². The maximum atomic E-state index is 9.38. The molecule has 1 aliphatic heterocycles. The van der Waals surface area contributed by atoms with E-state index in [9.17, 15) is 5.11 Å². The van der Waals surface area contributed by atoms with Crippen molar-refractivity contribution in [3.05, 3.63) is 0 Å². The average molecular weight is 200 g/mol. The highest BCUT2D eigenvalue weighted by atomic mass is 16.3. The van der Waals surface area contributed by atoms with Crippen LogP contribution in [0.15, 0.2) is 0 Å². The van der Waals surface area contributed by atoms with E-state index in [2.05, 4.69) is 16.6 Å². The molecule has 3 N–H and O–H groups in total. The first-order chi connectivity index (χ1) is 6.76. The summed E-state index contributed by atoms with van der Waals surface area (Å²) in [7, 11) is 0. The number of aliphatic hydroxyl groups excluding tert-OH is 2. The quantitative estimate of drug-likeness (QED) is 0.512. The Kier molecular flexibility index (Phi) is 8.59. The summed E-state index contributed by atoms with van der Waals surface area (Å²) in [5.74, 6) is 1.99. The highest BCUT2D eigenvalue weighted by Crippen LogP contribution is 2.00. The highest BCUT2D eigenvalue weighted by molar-refractivity contribution is 4.81. The molecule has 0 saturated carbocycles. The summed E-state index contributed by atoms with van der Waals surface area (Å²) in [6.45, 7) is 5.84. The molecule has 1 fully saturated rings. The summed E-state index contributed by atoms with van der Waals surface area (Å²) in [6, 6.07) is 0. The number of nitrogens with zero attached hydrogens (tertiary/aromatic N) is 1. The predicted octanol–water partition coefficient (Wildman–Crippen LogP) is -0.768. The van der Waals surface area contributed by atoms with E-state index in [1.165, 1.54) is 0 Å². The van der Waals surface area contributed by atoms with E-state index in [0.717, 1.165) is 32.6 Å². The third-order valence-corrected chi connectivity index (χ3v) is 2.03. The summed E-state index contributed by atoms with van der Waals surface area (Å²) < 4.78 is 0. The van der Waals surface area contributed by atoms with Crippen molar-refractivity contribution in [2.24, 2.45) is 0 Å². The van der Waals surface area contributed by atoms with E-state index in [-0.39, 0.29) is 12.8 Å². The zero-order valence-corrected chi connectivity index (χ0v) is 8.74. The lowest BCUT2D eigenvalue weighted by Gasteiger charge is -2.30. The molecule has 0 aromatic heterocycles. The maximum Gasteiger partial charge on any atom is 0.107 e. The van der Waals surface area contributed by atoms with Crippen LogP contribution < -0.4 is 5.32 Å². The molecule has 1 saturated heterocycles. The predicted molar refractivity (Wildman–Crippen MR) is 56.7 cm³/mol. The zero-order valence-electron chi connectivity index (χ0n) is 8.74. The third-order valence-electron chi connectivity index (χ3n) is 2.03. The topological polar surface area (TPSA) is 55.7 Å². The van der Waals surface area contributed by atoms with Crippen LogP contribution in [0, 0.1) is 12.3 Å². The lowest BCUT2D eigenvalue weighted by atomic mass is 10.3. The molecule has 1 atom stereocenters. The maximum absolute atomic E-state index is 9.38. The number of hydrogen-bond donors (Lipinski definition) is 3. The van der Waals surface area contributed by atoms with Gasteiger partial charge < -0.3 is 15.5 Å². The molecule has 1 unspecified atom stereocenters. The summed E-state index contributed by atoms with van der Waals surface area (Å²) in [5.41, 5.74) is 0. The third kappa shape index (κ3) is 5.95. The first kappa shape index (κ1) is 13.4. The molecule has 1 rings (SSSR count). The van der Waals surface area contributed by atoms with Crippen LogP contribution >= 0.6 is 0 Å². The molecule has 0 radical (unpaired) electrons. The minimum absolute atomic E-state index is 0.153. The van der Waals surface area contributed by atoms with Crippen LogP contribution in [0.3, 0.4) is 0 Å². The number of piperazine rings is 1. The van der Waals surface area contributed by atoms with Crippen LogP contribution in [-0.2, 0) is 0 Å². The lowest BCUT2D eigenvalue weighted by molar-refractivity contribution is -0.00563. The van der Waals surface area contributed by atoms with Crippen molar-refractivity contribution < 1.29 is 10.2 Å². The van der Waals surface area contributed by atoms with Gasteiger partial charge >= 0.3 is 0 Å². The van der Waals surface area contributed by atoms with Gasteiger partial charge in [-0.05, 0) is 6.42 Å². The van der Waals surface area contributed by atoms with Crippen LogP contribution in [0.25, 0.3) is 0 Å². The Bertz CT molecular complexity index is 162. The standard InChI is InChI=1S/C7H16N2O.C3H4O/c1-2-7(10)9-5-3-8-4-6-9;1-2-3-4/h7-8,10H,2-6H2,1H3;1,4H,3H2. The van der Waals surface area contributed by atoms with Crippen molar-refractivity contribution in [3.8, 4) is 12.3 Å². The Morgan fingerprint density at radius 1 is 1.50 bits per heavy atom. The molecule has 0 bridgehead atoms. The van der Waals surface area contributed by atoms with Gasteiger partial charge in [0.2, 0.25) is 0 Å². The molecule has 0 amide bonds. The Labute approximate surface area is 85.9 Å². The van der Waals surface area contributed by atoms with Gasteiger partial charge in [-0.15, -0.1) is 6.42 Å². The fraction of sp³-hybridized carbons (Fsp3) is 0.800. The number of nitrogens with one attached hydrogen (secondary N) is 1. The Morgan fingerprint density at radius 3 is 2.36 bits per heavy atom. The molecule has 1 heterocycles. The normalized spacial score (nSPS) is 19.0. The number of hydrogen-bond acceptors (Lipinski definition) is 4. The first-order valence-corrected chi connectivity index (χ1v) is 4.93. The molecular weight excluding hydrogens is 180 g/mol. The van der Waals surface area contributed by atoms with E-state index < -0.39 is 0 Å². The van der Waals surface area contributed by atoms with Crippen molar-refractivity contribution in [2.45, 2.75) is 19.6 Å². The van der Waals surface area contributed by atoms with E-state index >= 15 is 0 Å². The van der Waals surface area contributed by atoms with Crippen molar-refractivity contribution in [1.29, 1.82) is 0 Å². The largest absolute Gasteiger partial charge is 0.384 e. The van der Waals surface area contributed by atoms with Crippen LogP contribution in [0.1, 0.15) is 13.3 Å². The van der Waals surface area contributed by atoms with E-state index in [1.54, 1.807) is 0 Å². The molecule has 4 nitrogen and oxygen atoms in total. The van der Waals surface area contributed by atoms with Crippen molar-refractivity contribution >= 4 is 0 Å². The Hall–Kier alpha value is -0.600. The molecule has 4 heteroatoms. The lowest BCUT2D eigenvalue weighted by Crippen LogP contribution is -2.48. The Morgan fingerprint density at radius 2 is 2.00 bits per heavy atom. The highest BCUT2D eigenvalue weighted by Gasteiger charge is 2.15. The van der Waals surface area contributed by atoms with Crippen LogP contribution in [0.2, 0.25) is 0 Å². The fourth-order valence-electron chi connectivity index (χ4n) is 1.24. The summed E-state index contributed by atoms with van der Waals surface area (Å²) in [6.07, 6.45) is 5.14. The van der Waals surface area contributed by atoms with E-state index in [4.69, 9.17) is 5.11 Å². The SMILES string of the molecule is C#CCO.CCC(O)N1CCNCC1. The van der Waals surface area contributed by atoms with Gasteiger partial charge in [-0.3, -0.25) is 4.90 Å². The summed E-state index contributed by atoms with van der Waals surface area (Å²) >= 11 is 0. The second-order valence-corrected chi connectivity index (χ2v) is 3.04. The van der Waals surface area contributed by atoms with Gasteiger partial charge in [-0.25, -0.2) is 0 Å². The van der Waals surface area contributed by atoms with Gasteiger partial charge in [0, 0.05) is 26.2 Å². The fourth-order valence-corrected chi connectivity index (χ4v) is 1.24. The smallest absolute Gasteiger partial charge is 0.107 e. The van der Waals surface area contributed by atoms with Gasteiger partial charge in [-0.1, -0.05) is 12.8 Å². The molecule has 0 aliphatic carbocycles. The second kappa shape index (κ2) is 8.97. The molecule has 0 aromatic carbocycles. The van der Waals surface area contributed by atoms with Gasteiger partial charge in [0.25, 0.3) is 0 Å². The first-order valence-electron chi connectivity index (χ1n) is 4.93. The van der Waals surface area contributed by atoms with Crippen molar-refractivity contribution in [2.75, 3.05) is 32.8 Å². The summed E-state index contributed by atoms with van der Waals surface area (Å²) in [5, 5.41) is 20.3. The minimum Gasteiger partial charge on any atom is -0.384 e. The monoisotopic (exact) mass is 200 g/mol. The van der Waals surface area contributed by atoms with Crippen LogP contribution in [0.5, 0.6) is 0 Å². The number of terminal acetylenes is 1. The minimum atomic E-state index is -0.220. The molecular formula is C10H20N2O2. The summed E-state index contributed by atoms with van der Waals surface area (Å²) in [4.78, 5) is 2.11. The number of aliphatic hydroxyl groups is 2. The average Bonchev–Trinajstić information content (AvgIpc) is 2.29.